The molecule has 0 aliphatic rings. The Morgan fingerprint density at radius 2 is 2.19 bits per heavy atom. The Bertz CT molecular complexity index is 406. The normalized spacial score (nSPS) is 12.4. The van der Waals surface area contributed by atoms with E-state index < -0.39 is 5.97 Å². The molecule has 0 radical (unpaired) electrons. The van der Waals surface area contributed by atoms with Crippen molar-refractivity contribution in [2.75, 3.05) is 0 Å². The molecule has 0 aliphatic heterocycles. The number of carbonyl (C=O) groups is 1. The van der Waals surface area contributed by atoms with E-state index in [1.54, 1.807) is 0 Å². The highest BCUT2D eigenvalue weighted by molar-refractivity contribution is 9.10. The maximum Gasteiger partial charge on any atom is 0.335 e. The number of aromatic hydroxyl groups is 1. The summed E-state index contributed by atoms with van der Waals surface area (Å²) in [6.45, 7) is 1.98. The minimum absolute atomic E-state index is 0.0194. The van der Waals surface area contributed by atoms with E-state index in [2.05, 4.69) is 15.9 Å². The van der Waals surface area contributed by atoms with Crippen molar-refractivity contribution in [3.05, 3.63) is 27.7 Å². The molecular weight excluding hydrogens is 274 g/mol. The topological polar surface area (TPSA) is 83.6 Å². The Hall–Kier alpha value is -1.07. The summed E-state index contributed by atoms with van der Waals surface area (Å²) < 4.78 is 0.356. The smallest absolute Gasteiger partial charge is 0.335 e. The van der Waals surface area contributed by atoms with Gasteiger partial charge < -0.3 is 15.9 Å². The van der Waals surface area contributed by atoms with Gasteiger partial charge in [0.25, 0.3) is 0 Å². The van der Waals surface area contributed by atoms with Crippen LogP contribution in [0, 0.1) is 0 Å². The first-order valence-electron chi connectivity index (χ1n) is 4.98. The van der Waals surface area contributed by atoms with E-state index in [0.717, 1.165) is 6.42 Å². The molecular formula is C11H14BrNO3. The van der Waals surface area contributed by atoms with Crippen LogP contribution in [0.4, 0.5) is 0 Å². The molecule has 0 saturated heterocycles. The zero-order valence-corrected chi connectivity index (χ0v) is 10.5. The highest BCUT2D eigenvalue weighted by atomic mass is 79.9. The molecule has 88 valence electrons. The Kier molecular flexibility index (Phi) is 4.32. The maximum absolute atomic E-state index is 10.9. The Morgan fingerprint density at radius 1 is 1.56 bits per heavy atom. The number of rotatable bonds is 4. The standard InChI is InChI=1S/C11H14BrNO3/c1-2-3-9(13)7-4-6(11(15)16)5-8(12)10(7)14/h4-5,9,14H,2-3,13H2,1H3,(H,15,16)/t9-/m0/s1. The van der Waals surface area contributed by atoms with Crippen LogP contribution in [0.3, 0.4) is 0 Å². The zero-order chi connectivity index (χ0) is 12.3. The fourth-order valence-corrected chi connectivity index (χ4v) is 1.97. The Labute approximate surface area is 102 Å². The molecule has 0 heterocycles. The summed E-state index contributed by atoms with van der Waals surface area (Å²) in [7, 11) is 0. The minimum atomic E-state index is -1.04. The molecule has 16 heavy (non-hydrogen) atoms. The number of carboxylic acids is 1. The summed E-state index contributed by atoms with van der Waals surface area (Å²) in [6, 6.07) is 2.43. The lowest BCUT2D eigenvalue weighted by molar-refractivity contribution is 0.0696. The van der Waals surface area contributed by atoms with Crippen molar-refractivity contribution in [3.8, 4) is 5.75 Å². The highest BCUT2D eigenvalue weighted by Gasteiger charge is 2.16. The van der Waals surface area contributed by atoms with Gasteiger partial charge in [-0.05, 0) is 34.5 Å². The van der Waals surface area contributed by atoms with Crippen molar-refractivity contribution in [3.63, 3.8) is 0 Å². The molecule has 0 bridgehead atoms. The molecule has 1 atom stereocenters. The first-order valence-corrected chi connectivity index (χ1v) is 5.78. The van der Waals surface area contributed by atoms with Gasteiger partial charge in [0.05, 0.1) is 10.0 Å². The lowest BCUT2D eigenvalue weighted by Crippen LogP contribution is -2.11. The van der Waals surface area contributed by atoms with Crippen molar-refractivity contribution < 1.29 is 15.0 Å². The molecule has 4 N–H and O–H groups in total. The number of aromatic carboxylic acids is 1. The van der Waals surface area contributed by atoms with Crippen LogP contribution in [0.25, 0.3) is 0 Å². The molecule has 0 saturated carbocycles. The number of halogens is 1. The van der Waals surface area contributed by atoms with Crippen LogP contribution in [0.1, 0.15) is 41.7 Å². The van der Waals surface area contributed by atoms with Crippen LogP contribution in [0.5, 0.6) is 5.75 Å². The van der Waals surface area contributed by atoms with Gasteiger partial charge in [0.1, 0.15) is 5.75 Å². The highest BCUT2D eigenvalue weighted by Crippen LogP contribution is 2.34. The molecule has 1 aromatic carbocycles. The summed E-state index contributed by atoms with van der Waals surface area (Å²) in [5.74, 6) is -1.02. The van der Waals surface area contributed by atoms with E-state index >= 15 is 0 Å². The fraction of sp³-hybridized carbons (Fsp3) is 0.364. The zero-order valence-electron chi connectivity index (χ0n) is 8.90. The monoisotopic (exact) mass is 287 g/mol. The van der Waals surface area contributed by atoms with Gasteiger partial charge in [0, 0.05) is 11.6 Å². The van der Waals surface area contributed by atoms with Gasteiger partial charge in [-0.15, -0.1) is 0 Å². The summed E-state index contributed by atoms with van der Waals surface area (Å²) in [4.78, 5) is 10.9. The average Bonchev–Trinajstić information content (AvgIpc) is 2.21. The summed E-state index contributed by atoms with van der Waals surface area (Å²) in [5.41, 5.74) is 6.45. The van der Waals surface area contributed by atoms with Gasteiger partial charge in [-0.1, -0.05) is 13.3 Å². The Morgan fingerprint density at radius 3 is 2.69 bits per heavy atom. The first-order chi connectivity index (χ1) is 7.47. The third kappa shape index (κ3) is 2.74. The van der Waals surface area contributed by atoms with Gasteiger partial charge in [-0.3, -0.25) is 0 Å². The lowest BCUT2D eigenvalue weighted by Gasteiger charge is -2.14. The van der Waals surface area contributed by atoms with Crippen LogP contribution in [-0.2, 0) is 0 Å². The van der Waals surface area contributed by atoms with E-state index in [0.29, 0.717) is 16.5 Å². The van der Waals surface area contributed by atoms with E-state index in [1.807, 2.05) is 6.92 Å². The summed E-state index contributed by atoms with van der Waals surface area (Å²) >= 11 is 3.12. The van der Waals surface area contributed by atoms with E-state index in [9.17, 15) is 9.90 Å². The van der Waals surface area contributed by atoms with Gasteiger partial charge >= 0.3 is 5.97 Å². The van der Waals surface area contributed by atoms with Crippen molar-refractivity contribution in [1.82, 2.24) is 0 Å². The number of nitrogens with two attached hydrogens (primary N) is 1. The SMILES string of the molecule is CCC[C@H](N)c1cc(C(=O)O)cc(Br)c1O. The molecule has 1 aromatic rings. The number of hydrogen-bond donors (Lipinski definition) is 3. The molecule has 0 unspecified atom stereocenters. The van der Waals surface area contributed by atoms with Crippen molar-refractivity contribution >= 4 is 21.9 Å². The van der Waals surface area contributed by atoms with E-state index in [-0.39, 0.29) is 17.4 Å². The fourth-order valence-electron chi connectivity index (χ4n) is 1.49. The molecule has 0 fully saturated rings. The van der Waals surface area contributed by atoms with E-state index in [1.165, 1.54) is 12.1 Å². The van der Waals surface area contributed by atoms with Gasteiger partial charge in [0.15, 0.2) is 0 Å². The largest absolute Gasteiger partial charge is 0.506 e. The number of hydrogen-bond acceptors (Lipinski definition) is 3. The minimum Gasteiger partial charge on any atom is -0.506 e. The summed E-state index contributed by atoms with van der Waals surface area (Å²) in [5, 5.41) is 18.7. The number of carboxylic acid groups (broad SMARTS) is 1. The molecule has 4 nitrogen and oxygen atoms in total. The van der Waals surface area contributed by atoms with Crippen molar-refractivity contribution in [2.45, 2.75) is 25.8 Å². The summed E-state index contributed by atoms with van der Waals surface area (Å²) in [6.07, 6.45) is 1.57. The third-order valence-corrected chi connectivity index (χ3v) is 2.94. The molecule has 0 spiro atoms. The number of phenolic OH excluding ortho intramolecular Hbond substituents is 1. The third-order valence-electron chi connectivity index (χ3n) is 2.34. The second-order valence-electron chi connectivity index (χ2n) is 3.60. The predicted molar refractivity (Wildman–Crippen MR) is 64.6 cm³/mol. The molecule has 0 aliphatic carbocycles. The van der Waals surface area contributed by atoms with Crippen LogP contribution in [-0.4, -0.2) is 16.2 Å². The van der Waals surface area contributed by atoms with Gasteiger partial charge in [-0.2, -0.15) is 0 Å². The molecule has 0 amide bonds. The first kappa shape index (κ1) is 13.0. The van der Waals surface area contributed by atoms with Gasteiger partial charge in [0.2, 0.25) is 0 Å². The van der Waals surface area contributed by atoms with Crippen LogP contribution in [0.15, 0.2) is 16.6 Å². The molecule has 1 rings (SSSR count). The maximum atomic E-state index is 10.9. The van der Waals surface area contributed by atoms with Gasteiger partial charge in [-0.25, -0.2) is 4.79 Å². The average molecular weight is 288 g/mol. The number of benzene rings is 1. The van der Waals surface area contributed by atoms with E-state index in [4.69, 9.17) is 10.8 Å². The van der Waals surface area contributed by atoms with Crippen molar-refractivity contribution in [1.29, 1.82) is 0 Å². The lowest BCUT2D eigenvalue weighted by atomic mass is 10.00. The molecule has 0 aromatic heterocycles. The van der Waals surface area contributed by atoms with Crippen molar-refractivity contribution in [2.24, 2.45) is 5.73 Å². The quantitative estimate of drug-likeness (QED) is 0.795. The predicted octanol–water partition coefficient (Wildman–Crippen LogP) is 2.65. The number of phenols is 1. The molecule has 5 heteroatoms. The van der Waals surface area contributed by atoms with Crippen LogP contribution >= 0.6 is 15.9 Å². The second-order valence-corrected chi connectivity index (χ2v) is 4.45. The van der Waals surface area contributed by atoms with Crippen LogP contribution in [0.2, 0.25) is 0 Å². The second kappa shape index (κ2) is 5.32. The Balaban J connectivity index is 3.21. The van der Waals surface area contributed by atoms with Crippen LogP contribution < -0.4 is 5.73 Å².